The molecule has 0 saturated carbocycles. The number of carbonyl (C=O) groups is 2. The van der Waals surface area contributed by atoms with E-state index in [1.165, 1.54) is 21.3 Å². The van der Waals surface area contributed by atoms with E-state index in [-0.39, 0.29) is 13.0 Å². The van der Waals surface area contributed by atoms with Gasteiger partial charge < -0.3 is 29.4 Å². The molecule has 146 valence electrons. The van der Waals surface area contributed by atoms with E-state index in [9.17, 15) is 14.7 Å². The average molecular weight is 369 g/mol. The summed E-state index contributed by atoms with van der Waals surface area (Å²) < 4.78 is 20.9. The summed E-state index contributed by atoms with van der Waals surface area (Å²) in [5.41, 5.74) is -0.0291. The number of carboxylic acids is 1. The Hall–Kier alpha value is -2.64. The van der Waals surface area contributed by atoms with E-state index in [0.717, 1.165) is 0 Å². The van der Waals surface area contributed by atoms with Gasteiger partial charge in [-0.25, -0.2) is 4.79 Å². The lowest BCUT2D eigenvalue weighted by Gasteiger charge is -2.21. The highest BCUT2D eigenvalue weighted by Crippen LogP contribution is 2.35. The number of benzene rings is 1. The molecule has 8 heteroatoms. The van der Waals surface area contributed by atoms with Crippen molar-refractivity contribution < 1.29 is 33.6 Å². The zero-order valence-electron chi connectivity index (χ0n) is 16.0. The van der Waals surface area contributed by atoms with Gasteiger partial charge in [0.25, 0.3) is 0 Å². The molecule has 1 aromatic rings. The van der Waals surface area contributed by atoms with Crippen molar-refractivity contribution in [2.24, 2.45) is 5.92 Å². The van der Waals surface area contributed by atoms with E-state index < -0.39 is 23.6 Å². The molecule has 0 aliphatic carbocycles. The summed E-state index contributed by atoms with van der Waals surface area (Å²) in [4.78, 5) is 23.3. The Bertz CT molecular complexity index is 637. The molecule has 1 amide bonds. The molecule has 0 aliphatic rings. The molecule has 0 heterocycles. The predicted molar refractivity (Wildman–Crippen MR) is 95.2 cm³/mol. The van der Waals surface area contributed by atoms with Crippen molar-refractivity contribution in [3.63, 3.8) is 0 Å². The van der Waals surface area contributed by atoms with Crippen LogP contribution in [0.5, 0.6) is 17.2 Å². The van der Waals surface area contributed by atoms with E-state index in [1.54, 1.807) is 32.9 Å². The van der Waals surface area contributed by atoms with Crippen LogP contribution in [0.15, 0.2) is 12.1 Å². The van der Waals surface area contributed by atoms with Crippen LogP contribution >= 0.6 is 0 Å². The van der Waals surface area contributed by atoms with Gasteiger partial charge in [-0.3, -0.25) is 4.79 Å². The number of hydrogen-bond acceptors (Lipinski definition) is 6. The number of alkyl carbamates (subject to hydrolysis) is 1. The van der Waals surface area contributed by atoms with Crippen LogP contribution in [0.4, 0.5) is 4.79 Å². The molecule has 0 aromatic heterocycles. The monoisotopic (exact) mass is 369 g/mol. The van der Waals surface area contributed by atoms with Crippen molar-refractivity contribution in [3.8, 4) is 17.2 Å². The van der Waals surface area contributed by atoms with Crippen LogP contribution in [0.1, 0.15) is 26.3 Å². The smallest absolute Gasteiger partial charge is 0.407 e. The van der Waals surface area contributed by atoms with Gasteiger partial charge in [0.1, 0.15) is 11.4 Å². The van der Waals surface area contributed by atoms with Crippen LogP contribution in [0.25, 0.3) is 0 Å². The first-order chi connectivity index (χ1) is 12.1. The zero-order valence-corrected chi connectivity index (χ0v) is 16.0. The van der Waals surface area contributed by atoms with Crippen LogP contribution in [-0.4, -0.2) is 50.6 Å². The second-order valence-electron chi connectivity index (χ2n) is 6.64. The van der Waals surface area contributed by atoms with Gasteiger partial charge in [0, 0.05) is 12.6 Å². The van der Waals surface area contributed by atoms with Crippen molar-refractivity contribution in [1.82, 2.24) is 5.32 Å². The molecule has 0 radical (unpaired) electrons. The SMILES string of the molecule is COc1cc(OC)c(OC)cc1C[C@H](CNC(=O)OC(C)(C)C)C(=O)O. The molecular weight excluding hydrogens is 342 g/mol. The number of aliphatic carboxylic acids is 1. The van der Waals surface area contributed by atoms with E-state index in [2.05, 4.69) is 5.32 Å². The molecule has 2 N–H and O–H groups in total. The second-order valence-corrected chi connectivity index (χ2v) is 6.64. The Balaban J connectivity index is 2.93. The molecule has 0 fully saturated rings. The number of hydrogen-bond donors (Lipinski definition) is 2. The molecule has 0 unspecified atom stereocenters. The standard InChI is InChI=1S/C18H27NO7/c1-18(2,3)26-17(22)19-10-12(16(20)21)7-11-8-14(24-5)15(25-6)9-13(11)23-4/h8-9,12H,7,10H2,1-6H3,(H,19,22)(H,20,21)/t12-/m1/s1. The molecular formula is C18H27NO7. The number of amides is 1. The maximum absolute atomic E-state index is 11.8. The Labute approximate surface area is 153 Å². The number of nitrogens with one attached hydrogen (secondary N) is 1. The third-order valence-corrected chi connectivity index (χ3v) is 3.49. The summed E-state index contributed by atoms with van der Waals surface area (Å²) in [6.07, 6.45) is -0.530. The van der Waals surface area contributed by atoms with Crippen molar-refractivity contribution in [1.29, 1.82) is 0 Å². The third kappa shape index (κ3) is 6.34. The first kappa shape index (κ1) is 21.4. The molecule has 8 nitrogen and oxygen atoms in total. The van der Waals surface area contributed by atoms with Gasteiger partial charge in [0.05, 0.1) is 27.2 Å². The van der Waals surface area contributed by atoms with Crippen molar-refractivity contribution >= 4 is 12.1 Å². The Morgan fingerprint density at radius 1 is 1.04 bits per heavy atom. The fourth-order valence-corrected chi connectivity index (χ4v) is 2.28. The molecule has 0 aliphatic heterocycles. The maximum Gasteiger partial charge on any atom is 0.407 e. The summed E-state index contributed by atoms with van der Waals surface area (Å²) in [6.45, 7) is 5.11. The Morgan fingerprint density at radius 2 is 1.58 bits per heavy atom. The summed E-state index contributed by atoms with van der Waals surface area (Å²) in [5, 5.41) is 12.0. The number of ether oxygens (including phenoxy) is 4. The third-order valence-electron chi connectivity index (χ3n) is 3.49. The van der Waals surface area contributed by atoms with Crippen LogP contribution in [0.3, 0.4) is 0 Å². The van der Waals surface area contributed by atoms with Crippen molar-refractivity contribution in [3.05, 3.63) is 17.7 Å². The van der Waals surface area contributed by atoms with Crippen molar-refractivity contribution in [2.75, 3.05) is 27.9 Å². The fraction of sp³-hybridized carbons (Fsp3) is 0.556. The summed E-state index contributed by atoms with van der Waals surface area (Å²) >= 11 is 0. The van der Waals surface area contributed by atoms with E-state index in [1.807, 2.05) is 0 Å². The molecule has 0 bridgehead atoms. The maximum atomic E-state index is 11.8. The number of methoxy groups -OCH3 is 3. The molecule has 0 saturated heterocycles. The highest BCUT2D eigenvalue weighted by molar-refractivity contribution is 5.73. The number of carboxylic acid groups (broad SMARTS) is 1. The molecule has 26 heavy (non-hydrogen) atoms. The average Bonchev–Trinajstić information content (AvgIpc) is 2.55. The minimum atomic E-state index is -1.04. The number of rotatable bonds is 8. The lowest BCUT2D eigenvalue weighted by Crippen LogP contribution is -2.37. The lowest BCUT2D eigenvalue weighted by atomic mass is 9.98. The Morgan fingerprint density at radius 3 is 2.04 bits per heavy atom. The van der Waals surface area contributed by atoms with Gasteiger partial charge in [-0.05, 0) is 38.8 Å². The second kappa shape index (κ2) is 9.17. The first-order valence-corrected chi connectivity index (χ1v) is 8.09. The largest absolute Gasteiger partial charge is 0.496 e. The van der Waals surface area contributed by atoms with Crippen molar-refractivity contribution in [2.45, 2.75) is 32.8 Å². The fourth-order valence-electron chi connectivity index (χ4n) is 2.28. The number of carbonyl (C=O) groups excluding carboxylic acids is 1. The predicted octanol–water partition coefficient (Wildman–Crippen LogP) is 2.48. The quantitative estimate of drug-likeness (QED) is 0.725. The van der Waals surface area contributed by atoms with Gasteiger partial charge >= 0.3 is 12.1 Å². The highest BCUT2D eigenvalue weighted by Gasteiger charge is 2.24. The van der Waals surface area contributed by atoms with E-state index in [0.29, 0.717) is 22.8 Å². The van der Waals surface area contributed by atoms with Crippen LogP contribution in [-0.2, 0) is 16.0 Å². The van der Waals surface area contributed by atoms with Crippen LogP contribution in [0, 0.1) is 5.92 Å². The molecule has 1 rings (SSSR count). The first-order valence-electron chi connectivity index (χ1n) is 8.09. The topological polar surface area (TPSA) is 103 Å². The Kier molecular flexibility index (Phi) is 7.55. The van der Waals surface area contributed by atoms with Gasteiger partial charge in [-0.2, -0.15) is 0 Å². The van der Waals surface area contributed by atoms with Gasteiger partial charge in [0.15, 0.2) is 11.5 Å². The highest BCUT2D eigenvalue weighted by atomic mass is 16.6. The minimum absolute atomic E-state index is 0.0816. The zero-order chi connectivity index (χ0) is 19.9. The normalized spacial score (nSPS) is 12.1. The minimum Gasteiger partial charge on any atom is -0.496 e. The van der Waals surface area contributed by atoms with E-state index in [4.69, 9.17) is 18.9 Å². The van der Waals surface area contributed by atoms with Crippen LogP contribution < -0.4 is 19.5 Å². The van der Waals surface area contributed by atoms with Gasteiger partial charge in [0.2, 0.25) is 0 Å². The van der Waals surface area contributed by atoms with E-state index >= 15 is 0 Å². The molecule has 1 aromatic carbocycles. The molecule has 1 atom stereocenters. The summed E-state index contributed by atoms with van der Waals surface area (Å²) in [6, 6.07) is 3.30. The lowest BCUT2D eigenvalue weighted by molar-refractivity contribution is -0.141. The summed E-state index contributed by atoms with van der Waals surface area (Å²) in [7, 11) is 4.48. The van der Waals surface area contributed by atoms with Gasteiger partial charge in [-0.15, -0.1) is 0 Å². The van der Waals surface area contributed by atoms with Gasteiger partial charge in [-0.1, -0.05) is 0 Å². The summed E-state index contributed by atoms with van der Waals surface area (Å²) in [5.74, 6) is -0.488. The molecule has 0 spiro atoms. The van der Waals surface area contributed by atoms with Crippen LogP contribution in [0.2, 0.25) is 0 Å².